The number of carbonyl (C=O) groups is 1. The Morgan fingerprint density at radius 1 is 1.00 bits per heavy atom. The van der Waals surface area contributed by atoms with Gasteiger partial charge in [0.2, 0.25) is 0 Å². The minimum atomic E-state index is -0.256. The second kappa shape index (κ2) is 6.89. The van der Waals surface area contributed by atoms with Crippen molar-refractivity contribution in [3.8, 4) is 5.75 Å². The molecule has 29 heavy (non-hydrogen) atoms. The molecule has 0 atom stereocenters. The van der Waals surface area contributed by atoms with Crippen LogP contribution in [0.3, 0.4) is 0 Å². The first-order valence-electron chi connectivity index (χ1n) is 9.84. The highest BCUT2D eigenvalue weighted by Gasteiger charge is 2.22. The molecule has 0 unspecified atom stereocenters. The lowest BCUT2D eigenvalue weighted by Crippen LogP contribution is -2.13. The zero-order valence-electron chi connectivity index (χ0n) is 16.2. The average molecular weight is 384 g/mol. The van der Waals surface area contributed by atoms with E-state index in [0.717, 1.165) is 52.1 Å². The Hall–Kier alpha value is -3.40. The molecule has 0 amide bonds. The van der Waals surface area contributed by atoms with E-state index in [0.29, 0.717) is 16.9 Å². The standard InChI is InChI=1S/C25H20O4/c1-15-11-22(24-19-7-4-8-20(19)25(27)29-23(24)12-15)28-14-21(26)18-10-9-16-5-2-3-6-17(16)13-18/h2-3,5-6,9-13H,4,7-8,14H2,1H3. The molecule has 0 fully saturated rings. The molecule has 1 aliphatic carbocycles. The average Bonchev–Trinajstić information content (AvgIpc) is 3.21. The van der Waals surface area contributed by atoms with Crippen molar-refractivity contribution in [2.24, 2.45) is 0 Å². The molecular weight excluding hydrogens is 364 g/mol. The van der Waals surface area contributed by atoms with Crippen LogP contribution in [0.2, 0.25) is 0 Å². The number of ether oxygens (including phenoxy) is 1. The van der Waals surface area contributed by atoms with Crippen molar-refractivity contribution in [3.05, 3.63) is 87.3 Å². The van der Waals surface area contributed by atoms with Crippen molar-refractivity contribution < 1.29 is 13.9 Å². The lowest BCUT2D eigenvalue weighted by atomic mass is 10.0. The number of rotatable bonds is 4. The van der Waals surface area contributed by atoms with Crippen LogP contribution in [0.1, 0.15) is 33.5 Å². The maximum Gasteiger partial charge on any atom is 0.339 e. The van der Waals surface area contributed by atoms with Gasteiger partial charge in [0.25, 0.3) is 0 Å². The first-order chi connectivity index (χ1) is 14.1. The van der Waals surface area contributed by atoms with Crippen LogP contribution >= 0.6 is 0 Å². The highest BCUT2D eigenvalue weighted by atomic mass is 16.5. The quantitative estimate of drug-likeness (QED) is 0.367. The van der Waals surface area contributed by atoms with Gasteiger partial charge >= 0.3 is 5.63 Å². The summed E-state index contributed by atoms with van der Waals surface area (Å²) in [6.07, 6.45) is 2.50. The van der Waals surface area contributed by atoms with E-state index in [-0.39, 0.29) is 18.0 Å². The first-order valence-corrected chi connectivity index (χ1v) is 9.84. The van der Waals surface area contributed by atoms with E-state index in [1.807, 2.05) is 61.5 Å². The molecule has 0 aliphatic heterocycles. The molecule has 0 bridgehead atoms. The molecule has 0 radical (unpaired) electrons. The molecule has 4 heteroatoms. The Kier molecular flexibility index (Phi) is 4.20. The molecule has 3 aromatic carbocycles. The van der Waals surface area contributed by atoms with E-state index in [4.69, 9.17) is 9.15 Å². The summed E-state index contributed by atoms with van der Waals surface area (Å²) >= 11 is 0. The van der Waals surface area contributed by atoms with Crippen LogP contribution in [0, 0.1) is 6.92 Å². The molecule has 1 heterocycles. The Bertz CT molecular complexity index is 1330. The minimum Gasteiger partial charge on any atom is -0.485 e. The third-order valence-electron chi connectivity index (χ3n) is 5.61. The molecule has 5 rings (SSSR count). The summed E-state index contributed by atoms with van der Waals surface area (Å²) in [6, 6.07) is 17.4. The monoisotopic (exact) mass is 384 g/mol. The molecule has 4 nitrogen and oxygen atoms in total. The molecule has 0 saturated carbocycles. The summed E-state index contributed by atoms with van der Waals surface area (Å²) in [7, 11) is 0. The fraction of sp³-hybridized carbons (Fsp3) is 0.200. The highest BCUT2D eigenvalue weighted by molar-refractivity contribution is 6.01. The van der Waals surface area contributed by atoms with Gasteiger partial charge in [-0.2, -0.15) is 0 Å². The molecule has 0 N–H and O–H groups in total. The van der Waals surface area contributed by atoms with Crippen molar-refractivity contribution in [2.75, 3.05) is 6.61 Å². The van der Waals surface area contributed by atoms with Crippen LogP contribution in [0.15, 0.2) is 63.8 Å². The zero-order chi connectivity index (χ0) is 20.0. The maximum atomic E-state index is 12.8. The van der Waals surface area contributed by atoms with Gasteiger partial charge in [-0.05, 0) is 66.3 Å². The van der Waals surface area contributed by atoms with Gasteiger partial charge in [-0.15, -0.1) is 0 Å². The van der Waals surface area contributed by atoms with Crippen molar-refractivity contribution in [1.82, 2.24) is 0 Å². The summed E-state index contributed by atoms with van der Waals surface area (Å²) in [4.78, 5) is 25.0. The first kappa shape index (κ1) is 17.7. The number of hydrogen-bond donors (Lipinski definition) is 0. The van der Waals surface area contributed by atoms with E-state index in [1.54, 1.807) is 0 Å². The third-order valence-corrected chi connectivity index (χ3v) is 5.61. The van der Waals surface area contributed by atoms with Crippen molar-refractivity contribution in [1.29, 1.82) is 0 Å². The van der Waals surface area contributed by atoms with Crippen LogP contribution in [0.25, 0.3) is 21.7 Å². The van der Waals surface area contributed by atoms with Gasteiger partial charge in [0.15, 0.2) is 12.4 Å². The molecule has 0 spiro atoms. The molecule has 1 aromatic heterocycles. The maximum absolute atomic E-state index is 12.8. The van der Waals surface area contributed by atoms with Gasteiger partial charge < -0.3 is 9.15 Å². The van der Waals surface area contributed by atoms with E-state index in [2.05, 4.69) is 0 Å². The lowest BCUT2D eigenvalue weighted by molar-refractivity contribution is 0.0922. The molecular formula is C25H20O4. The largest absolute Gasteiger partial charge is 0.485 e. The van der Waals surface area contributed by atoms with Gasteiger partial charge in [-0.25, -0.2) is 4.79 Å². The summed E-state index contributed by atoms with van der Waals surface area (Å²) in [5.74, 6) is 0.524. The van der Waals surface area contributed by atoms with Crippen molar-refractivity contribution in [2.45, 2.75) is 26.2 Å². The number of aryl methyl sites for hydroxylation is 2. The Morgan fingerprint density at radius 2 is 1.79 bits per heavy atom. The predicted octanol–water partition coefficient (Wildman–Crippen LogP) is 5.01. The van der Waals surface area contributed by atoms with Crippen LogP contribution in [0.4, 0.5) is 0 Å². The van der Waals surface area contributed by atoms with Gasteiger partial charge in [0, 0.05) is 11.1 Å². The smallest absolute Gasteiger partial charge is 0.339 e. The highest BCUT2D eigenvalue weighted by Crippen LogP contribution is 2.35. The number of fused-ring (bicyclic) bond motifs is 4. The van der Waals surface area contributed by atoms with E-state index < -0.39 is 0 Å². The van der Waals surface area contributed by atoms with E-state index in [1.165, 1.54) is 0 Å². The van der Waals surface area contributed by atoms with E-state index in [9.17, 15) is 9.59 Å². The predicted molar refractivity (Wildman–Crippen MR) is 113 cm³/mol. The SMILES string of the molecule is Cc1cc(OCC(=O)c2ccc3ccccc3c2)c2c3c(c(=O)oc2c1)CCC3. The fourth-order valence-corrected chi connectivity index (χ4v) is 4.21. The zero-order valence-corrected chi connectivity index (χ0v) is 16.2. The van der Waals surface area contributed by atoms with Crippen molar-refractivity contribution >= 4 is 27.5 Å². The normalized spacial score (nSPS) is 13.0. The Morgan fingerprint density at radius 3 is 2.66 bits per heavy atom. The van der Waals surface area contributed by atoms with E-state index >= 15 is 0 Å². The number of carbonyl (C=O) groups excluding carboxylic acids is 1. The van der Waals surface area contributed by atoms with Gasteiger partial charge in [-0.1, -0.05) is 36.4 Å². The summed E-state index contributed by atoms with van der Waals surface area (Å²) in [6.45, 7) is 1.86. The third kappa shape index (κ3) is 3.11. The van der Waals surface area contributed by atoms with Crippen LogP contribution in [-0.4, -0.2) is 12.4 Å². The van der Waals surface area contributed by atoms with Gasteiger partial charge in [-0.3, -0.25) is 4.79 Å². The Balaban J connectivity index is 1.49. The molecule has 1 aliphatic rings. The summed E-state index contributed by atoms with van der Waals surface area (Å²) < 4.78 is 11.5. The Labute approximate surface area is 167 Å². The number of benzene rings is 3. The van der Waals surface area contributed by atoms with Crippen LogP contribution < -0.4 is 10.4 Å². The molecule has 0 saturated heterocycles. The van der Waals surface area contributed by atoms with Gasteiger partial charge in [0.1, 0.15) is 11.3 Å². The van der Waals surface area contributed by atoms with Crippen molar-refractivity contribution in [3.63, 3.8) is 0 Å². The molecule has 144 valence electrons. The number of hydrogen-bond acceptors (Lipinski definition) is 4. The number of Topliss-reactive ketones (excluding diaryl/α,β-unsaturated/α-hetero) is 1. The minimum absolute atomic E-state index is 0.0647. The fourth-order valence-electron chi connectivity index (χ4n) is 4.21. The molecule has 4 aromatic rings. The second-order valence-electron chi connectivity index (χ2n) is 7.61. The van der Waals surface area contributed by atoms with Gasteiger partial charge in [0.05, 0.1) is 5.39 Å². The van der Waals surface area contributed by atoms with Crippen LogP contribution in [-0.2, 0) is 12.8 Å². The van der Waals surface area contributed by atoms with Crippen LogP contribution in [0.5, 0.6) is 5.75 Å². The number of ketones is 1. The lowest BCUT2D eigenvalue weighted by Gasteiger charge is -2.13. The second-order valence-corrected chi connectivity index (χ2v) is 7.61. The summed E-state index contributed by atoms with van der Waals surface area (Å²) in [5, 5.41) is 2.95. The summed E-state index contributed by atoms with van der Waals surface area (Å²) in [5.41, 5.74) is 3.57. The topological polar surface area (TPSA) is 56.5 Å².